The quantitative estimate of drug-likeness (QED) is 0.720. The van der Waals surface area contributed by atoms with E-state index >= 15 is 0 Å². The maximum Gasteiger partial charge on any atom is 0.246 e. The van der Waals surface area contributed by atoms with Gasteiger partial charge in [-0.05, 0) is 36.8 Å². The van der Waals surface area contributed by atoms with E-state index in [9.17, 15) is 4.79 Å². The third-order valence-corrected chi connectivity index (χ3v) is 3.93. The van der Waals surface area contributed by atoms with Gasteiger partial charge in [-0.3, -0.25) is 4.79 Å². The molecule has 6 heteroatoms. The Labute approximate surface area is 152 Å². The van der Waals surface area contributed by atoms with Crippen molar-refractivity contribution in [3.8, 4) is 0 Å². The van der Waals surface area contributed by atoms with Gasteiger partial charge < -0.3 is 15.1 Å². The van der Waals surface area contributed by atoms with Gasteiger partial charge in [0.15, 0.2) is 0 Å². The van der Waals surface area contributed by atoms with Crippen molar-refractivity contribution in [2.75, 3.05) is 12.8 Å². The van der Waals surface area contributed by atoms with Gasteiger partial charge in [0.2, 0.25) is 5.91 Å². The predicted octanol–water partition coefficient (Wildman–Crippen LogP) is 3.81. The molecule has 0 spiro atoms. The number of benzene rings is 1. The lowest BCUT2D eigenvalue weighted by molar-refractivity contribution is -0.125. The van der Waals surface area contributed by atoms with Crippen LogP contribution in [-0.4, -0.2) is 22.8 Å². The number of hydrogen-bond donors (Lipinski definition) is 1. The summed E-state index contributed by atoms with van der Waals surface area (Å²) in [6.45, 7) is 2.43. The Morgan fingerprint density at radius 1 is 1.28 bits per heavy atom. The SMILES string of the molecule is Cc1c(CN(C)C(=O)/C=C/c2ccc(N)nc2)oc2ccccc12.Cl. The molecule has 0 bridgehead atoms. The van der Waals surface area contributed by atoms with Crippen molar-refractivity contribution < 1.29 is 9.21 Å². The number of fused-ring (bicyclic) bond motifs is 1. The van der Waals surface area contributed by atoms with E-state index in [0.717, 1.165) is 27.9 Å². The minimum absolute atomic E-state index is 0. The van der Waals surface area contributed by atoms with Crippen LogP contribution < -0.4 is 5.73 Å². The summed E-state index contributed by atoms with van der Waals surface area (Å²) >= 11 is 0. The number of para-hydroxylation sites is 1. The predicted molar refractivity (Wildman–Crippen MR) is 102 cm³/mol. The lowest BCUT2D eigenvalue weighted by Crippen LogP contribution is -2.24. The lowest BCUT2D eigenvalue weighted by Gasteiger charge is -2.13. The van der Waals surface area contributed by atoms with E-state index in [1.54, 1.807) is 30.3 Å². The van der Waals surface area contributed by atoms with E-state index in [4.69, 9.17) is 10.2 Å². The number of likely N-dealkylation sites (N-methyl/N-ethyl adjacent to an activating group) is 1. The van der Waals surface area contributed by atoms with E-state index in [-0.39, 0.29) is 18.3 Å². The number of hydrogen-bond acceptors (Lipinski definition) is 4. The van der Waals surface area contributed by atoms with Gasteiger partial charge in [-0.25, -0.2) is 4.98 Å². The zero-order valence-electron chi connectivity index (χ0n) is 14.1. The maximum absolute atomic E-state index is 12.3. The van der Waals surface area contributed by atoms with Crippen LogP contribution in [-0.2, 0) is 11.3 Å². The van der Waals surface area contributed by atoms with Crippen molar-refractivity contribution in [2.45, 2.75) is 13.5 Å². The van der Waals surface area contributed by atoms with Gasteiger partial charge in [0.1, 0.15) is 17.2 Å². The second-order valence-electron chi connectivity index (χ2n) is 5.69. The Bertz CT molecular complexity index is 901. The summed E-state index contributed by atoms with van der Waals surface area (Å²) < 4.78 is 5.85. The Hall–Kier alpha value is -2.79. The van der Waals surface area contributed by atoms with Gasteiger partial charge in [-0.1, -0.05) is 18.2 Å². The van der Waals surface area contributed by atoms with Crippen molar-refractivity contribution >= 4 is 41.2 Å². The smallest absolute Gasteiger partial charge is 0.246 e. The number of rotatable bonds is 4. The first-order chi connectivity index (χ1) is 11.5. The number of nitrogens with two attached hydrogens (primary N) is 1. The molecule has 5 nitrogen and oxygen atoms in total. The van der Waals surface area contributed by atoms with Crippen LogP contribution in [0, 0.1) is 6.92 Å². The van der Waals surface area contributed by atoms with E-state index in [1.165, 1.54) is 6.08 Å². The number of aromatic nitrogens is 1. The van der Waals surface area contributed by atoms with Crippen molar-refractivity contribution in [1.29, 1.82) is 0 Å². The fourth-order valence-electron chi connectivity index (χ4n) is 2.48. The van der Waals surface area contributed by atoms with E-state index < -0.39 is 0 Å². The van der Waals surface area contributed by atoms with Crippen LogP contribution in [0.2, 0.25) is 0 Å². The molecule has 0 unspecified atom stereocenters. The minimum atomic E-state index is -0.105. The average Bonchev–Trinajstić information content (AvgIpc) is 2.90. The standard InChI is InChI=1S/C19H19N3O2.ClH/c1-13-15-5-3-4-6-16(15)24-17(13)12-22(2)19(23)10-8-14-7-9-18(20)21-11-14;/h3-11H,12H2,1-2H3,(H2,20,21);1H/b10-8+;. The molecular weight excluding hydrogens is 338 g/mol. The van der Waals surface area contributed by atoms with Gasteiger partial charge in [-0.15, -0.1) is 12.4 Å². The molecule has 2 N–H and O–H groups in total. The topological polar surface area (TPSA) is 72.4 Å². The Balaban J connectivity index is 0.00000225. The van der Waals surface area contributed by atoms with Gasteiger partial charge >= 0.3 is 0 Å². The van der Waals surface area contributed by atoms with Crippen LogP contribution in [0.15, 0.2) is 53.1 Å². The normalized spacial score (nSPS) is 10.8. The first-order valence-corrected chi connectivity index (χ1v) is 7.66. The van der Waals surface area contributed by atoms with Crippen molar-refractivity contribution in [2.24, 2.45) is 0 Å². The molecule has 0 fully saturated rings. The summed E-state index contributed by atoms with van der Waals surface area (Å²) in [4.78, 5) is 17.9. The molecule has 3 rings (SSSR count). The lowest BCUT2D eigenvalue weighted by atomic mass is 10.1. The molecule has 0 aliphatic carbocycles. The number of pyridine rings is 1. The Kier molecular flexibility index (Phi) is 5.83. The number of nitrogen functional groups attached to an aromatic ring is 1. The molecule has 0 aliphatic heterocycles. The minimum Gasteiger partial charge on any atom is -0.459 e. The molecule has 130 valence electrons. The highest BCUT2D eigenvalue weighted by Crippen LogP contribution is 2.25. The number of nitrogens with zero attached hydrogens (tertiary/aromatic N) is 2. The molecule has 25 heavy (non-hydrogen) atoms. The average molecular weight is 358 g/mol. The molecule has 0 saturated heterocycles. The highest BCUT2D eigenvalue weighted by atomic mass is 35.5. The zero-order valence-corrected chi connectivity index (χ0v) is 14.9. The van der Waals surface area contributed by atoms with Crippen molar-refractivity contribution in [1.82, 2.24) is 9.88 Å². The summed E-state index contributed by atoms with van der Waals surface area (Å²) in [5.41, 5.74) is 8.28. The second kappa shape index (κ2) is 7.85. The molecule has 0 saturated carbocycles. The van der Waals surface area contributed by atoms with E-state index in [2.05, 4.69) is 4.98 Å². The summed E-state index contributed by atoms with van der Waals surface area (Å²) in [6.07, 6.45) is 4.87. The Morgan fingerprint density at radius 3 is 2.72 bits per heavy atom. The molecule has 1 amide bonds. The number of amides is 1. The van der Waals surface area contributed by atoms with E-state index in [1.807, 2.05) is 37.3 Å². The largest absolute Gasteiger partial charge is 0.459 e. The zero-order chi connectivity index (χ0) is 17.1. The third kappa shape index (κ3) is 4.19. The molecule has 0 atom stereocenters. The van der Waals surface area contributed by atoms with Gasteiger partial charge in [0.05, 0.1) is 6.54 Å². The molecule has 3 aromatic rings. The number of aryl methyl sites for hydroxylation is 1. The molecule has 2 aromatic heterocycles. The van der Waals surface area contributed by atoms with Crippen LogP contribution in [0.4, 0.5) is 5.82 Å². The van der Waals surface area contributed by atoms with Gasteiger partial charge in [-0.2, -0.15) is 0 Å². The van der Waals surface area contributed by atoms with Crippen LogP contribution in [0.3, 0.4) is 0 Å². The highest BCUT2D eigenvalue weighted by Gasteiger charge is 2.14. The number of halogens is 1. The maximum atomic E-state index is 12.3. The van der Waals surface area contributed by atoms with Crippen molar-refractivity contribution in [3.05, 3.63) is 65.6 Å². The number of carbonyl (C=O) groups excluding carboxylic acids is 1. The molecule has 2 heterocycles. The van der Waals surface area contributed by atoms with Crippen LogP contribution in [0.25, 0.3) is 17.0 Å². The van der Waals surface area contributed by atoms with Gasteiger partial charge in [0, 0.05) is 30.3 Å². The second-order valence-corrected chi connectivity index (χ2v) is 5.69. The summed E-state index contributed by atoms with van der Waals surface area (Å²) in [7, 11) is 1.75. The monoisotopic (exact) mass is 357 g/mol. The van der Waals surface area contributed by atoms with E-state index in [0.29, 0.717) is 12.4 Å². The van der Waals surface area contributed by atoms with Crippen LogP contribution in [0.5, 0.6) is 0 Å². The summed E-state index contributed by atoms with van der Waals surface area (Å²) in [5, 5.41) is 1.08. The third-order valence-electron chi connectivity index (χ3n) is 3.93. The fraction of sp³-hybridized carbons (Fsp3) is 0.158. The number of furan rings is 1. The summed E-state index contributed by atoms with van der Waals surface area (Å²) in [5.74, 6) is 1.15. The van der Waals surface area contributed by atoms with Crippen molar-refractivity contribution in [3.63, 3.8) is 0 Å². The van der Waals surface area contributed by atoms with Gasteiger partial charge in [0.25, 0.3) is 0 Å². The number of anilines is 1. The van der Waals surface area contributed by atoms with Crippen LogP contribution in [0.1, 0.15) is 16.9 Å². The molecule has 0 radical (unpaired) electrons. The summed E-state index contributed by atoms with van der Waals surface area (Å²) in [6, 6.07) is 11.4. The molecule has 1 aromatic carbocycles. The first-order valence-electron chi connectivity index (χ1n) is 7.66. The highest BCUT2D eigenvalue weighted by molar-refractivity contribution is 5.91. The molecule has 0 aliphatic rings. The van der Waals surface area contributed by atoms with Crippen LogP contribution >= 0.6 is 12.4 Å². The Morgan fingerprint density at radius 2 is 2.04 bits per heavy atom. The first kappa shape index (κ1) is 18.5. The fourth-order valence-corrected chi connectivity index (χ4v) is 2.48. The number of carbonyl (C=O) groups is 1. The molecular formula is C19H20ClN3O2.